The van der Waals surface area contributed by atoms with E-state index >= 15 is 0 Å². The topological polar surface area (TPSA) is 50.4 Å². The van der Waals surface area contributed by atoms with E-state index in [1.54, 1.807) is 0 Å². The van der Waals surface area contributed by atoms with Crippen molar-refractivity contribution >= 4 is 28.9 Å². The van der Waals surface area contributed by atoms with Gasteiger partial charge in [0.1, 0.15) is 11.6 Å². The Hall–Kier alpha value is -2.47. The van der Waals surface area contributed by atoms with Crippen molar-refractivity contribution in [3.63, 3.8) is 0 Å². The molecule has 1 amide bonds. The highest BCUT2D eigenvalue weighted by Gasteiger charge is 2.08. The lowest BCUT2D eigenvalue weighted by Crippen LogP contribution is -2.34. The van der Waals surface area contributed by atoms with Crippen LogP contribution in [0.25, 0.3) is 0 Å². The van der Waals surface area contributed by atoms with Crippen molar-refractivity contribution in [3.05, 3.63) is 59.9 Å². The van der Waals surface area contributed by atoms with Gasteiger partial charge in [-0.25, -0.2) is 4.39 Å². The number of thiocarbonyl (C=S) groups is 1. The minimum Gasteiger partial charge on any atom is -0.494 e. The third-order valence-corrected chi connectivity index (χ3v) is 4.15. The van der Waals surface area contributed by atoms with Crippen molar-refractivity contribution in [1.82, 2.24) is 5.32 Å². The number of rotatable bonds is 9. The molecular formula is C21H25FN2O2S. The fourth-order valence-electron chi connectivity index (χ4n) is 2.50. The molecule has 2 N–H and O–H groups in total. The van der Waals surface area contributed by atoms with Gasteiger partial charge in [-0.3, -0.25) is 10.1 Å². The number of hydrogen-bond donors (Lipinski definition) is 2. The smallest absolute Gasteiger partial charge is 0.257 e. The number of unbranched alkanes of at least 4 members (excludes halogenated alkanes) is 4. The molecule has 0 fully saturated rings. The zero-order valence-electron chi connectivity index (χ0n) is 15.5. The number of nitrogens with one attached hydrogen (secondary N) is 2. The molecular weight excluding hydrogens is 363 g/mol. The summed E-state index contributed by atoms with van der Waals surface area (Å²) >= 11 is 5.17. The minimum absolute atomic E-state index is 0.168. The molecule has 2 aromatic rings. The Balaban J connectivity index is 1.79. The highest BCUT2D eigenvalue weighted by molar-refractivity contribution is 7.80. The molecule has 0 heterocycles. The minimum atomic E-state index is -0.396. The Morgan fingerprint density at radius 2 is 1.81 bits per heavy atom. The first-order valence-corrected chi connectivity index (χ1v) is 9.60. The van der Waals surface area contributed by atoms with Crippen LogP contribution in [0.3, 0.4) is 0 Å². The lowest BCUT2D eigenvalue weighted by molar-refractivity contribution is 0.0977. The van der Waals surface area contributed by atoms with Crippen molar-refractivity contribution in [3.8, 4) is 5.75 Å². The quantitative estimate of drug-likeness (QED) is 0.452. The lowest BCUT2D eigenvalue weighted by Gasteiger charge is -2.11. The normalized spacial score (nSPS) is 10.3. The molecule has 4 nitrogen and oxygen atoms in total. The summed E-state index contributed by atoms with van der Waals surface area (Å²) in [6.45, 7) is 2.88. The van der Waals surface area contributed by atoms with Gasteiger partial charge < -0.3 is 10.1 Å². The Morgan fingerprint density at radius 3 is 2.56 bits per heavy atom. The van der Waals surface area contributed by atoms with Crippen LogP contribution >= 0.6 is 12.2 Å². The van der Waals surface area contributed by atoms with Crippen molar-refractivity contribution in [2.24, 2.45) is 0 Å². The van der Waals surface area contributed by atoms with E-state index in [0.29, 0.717) is 12.2 Å². The van der Waals surface area contributed by atoms with Gasteiger partial charge >= 0.3 is 0 Å². The van der Waals surface area contributed by atoms with Crippen LogP contribution in [-0.2, 0) is 0 Å². The molecule has 2 rings (SSSR count). The summed E-state index contributed by atoms with van der Waals surface area (Å²) in [6.07, 6.45) is 5.94. The van der Waals surface area contributed by atoms with E-state index < -0.39 is 11.7 Å². The van der Waals surface area contributed by atoms with Crippen LogP contribution in [0.1, 0.15) is 49.4 Å². The SMILES string of the molecule is CCCCCCCOc1cccc(NC(=S)NC(=O)c2ccc(F)cc2)c1. The molecule has 0 atom stereocenters. The summed E-state index contributed by atoms with van der Waals surface area (Å²) in [6, 6.07) is 12.7. The predicted octanol–water partition coefficient (Wildman–Crippen LogP) is 5.30. The average Bonchev–Trinajstić information content (AvgIpc) is 2.65. The monoisotopic (exact) mass is 388 g/mol. The van der Waals surface area contributed by atoms with Crippen LogP contribution < -0.4 is 15.4 Å². The van der Waals surface area contributed by atoms with Crippen LogP contribution in [0.4, 0.5) is 10.1 Å². The van der Waals surface area contributed by atoms with Gasteiger partial charge in [-0.1, -0.05) is 38.7 Å². The van der Waals surface area contributed by atoms with Gasteiger partial charge in [-0.05, 0) is 55.0 Å². The number of carbonyl (C=O) groups excluding carboxylic acids is 1. The number of amides is 1. The standard InChI is InChI=1S/C21H25FN2O2S/c1-2-3-4-5-6-14-26-19-9-7-8-18(15-19)23-21(27)24-20(25)16-10-12-17(22)13-11-16/h7-13,15H,2-6,14H2,1H3,(H2,23,24,25,27). The van der Waals surface area contributed by atoms with E-state index in [0.717, 1.165) is 17.9 Å². The van der Waals surface area contributed by atoms with E-state index in [1.807, 2.05) is 24.3 Å². The molecule has 0 saturated heterocycles. The first kappa shape index (κ1) is 20.8. The molecule has 0 aromatic heterocycles. The molecule has 27 heavy (non-hydrogen) atoms. The van der Waals surface area contributed by atoms with Gasteiger partial charge in [-0.2, -0.15) is 0 Å². The average molecular weight is 389 g/mol. The molecule has 0 bridgehead atoms. The summed E-state index contributed by atoms with van der Waals surface area (Å²) < 4.78 is 18.7. The molecule has 2 aromatic carbocycles. The van der Waals surface area contributed by atoms with E-state index in [4.69, 9.17) is 17.0 Å². The van der Waals surface area contributed by atoms with Crippen LogP contribution in [0, 0.1) is 5.82 Å². The maximum atomic E-state index is 12.9. The lowest BCUT2D eigenvalue weighted by atomic mass is 10.2. The second-order valence-corrected chi connectivity index (χ2v) is 6.61. The molecule has 144 valence electrons. The Labute approximate surface area is 165 Å². The van der Waals surface area contributed by atoms with Crippen molar-refractivity contribution in [2.75, 3.05) is 11.9 Å². The van der Waals surface area contributed by atoms with Gasteiger partial charge in [0.15, 0.2) is 5.11 Å². The van der Waals surface area contributed by atoms with Crippen LogP contribution in [-0.4, -0.2) is 17.6 Å². The van der Waals surface area contributed by atoms with Crippen LogP contribution in [0.2, 0.25) is 0 Å². The molecule has 0 aliphatic heterocycles. The first-order chi connectivity index (χ1) is 13.1. The number of carbonyl (C=O) groups is 1. The Kier molecular flexibility index (Phi) is 8.71. The highest BCUT2D eigenvalue weighted by atomic mass is 32.1. The zero-order valence-corrected chi connectivity index (χ0v) is 16.3. The number of halogens is 1. The predicted molar refractivity (Wildman–Crippen MR) is 111 cm³/mol. The largest absolute Gasteiger partial charge is 0.494 e. The van der Waals surface area contributed by atoms with Crippen molar-refractivity contribution in [2.45, 2.75) is 39.0 Å². The van der Waals surface area contributed by atoms with E-state index in [9.17, 15) is 9.18 Å². The Bertz CT molecular complexity index is 750. The maximum absolute atomic E-state index is 12.9. The molecule has 0 unspecified atom stereocenters. The van der Waals surface area contributed by atoms with E-state index in [1.165, 1.54) is 49.9 Å². The summed E-state index contributed by atoms with van der Waals surface area (Å²) in [5.41, 5.74) is 1.06. The number of hydrogen-bond acceptors (Lipinski definition) is 3. The van der Waals surface area contributed by atoms with Crippen molar-refractivity contribution in [1.29, 1.82) is 0 Å². The number of ether oxygens (including phenoxy) is 1. The Morgan fingerprint density at radius 1 is 1.07 bits per heavy atom. The fraction of sp³-hybridized carbons (Fsp3) is 0.333. The number of anilines is 1. The second-order valence-electron chi connectivity index (χ2n) is 6.21. The second kappa shape index (κ2) is 11.3. The van der Waals surface area contributed by atoms with Gasteiger partial charge in [0.05, 0.1) is 6.61 Å². The molecule has 0 spiro atoms. The molecule has 0 saturated carbocycles. The third kappa shape index (κ3) is 7.74. The molecule has 0 aliphatic rings. The van der Waals surface area contributed by atoms with Crippen LogP contribution in [0.15, 0.2) is 48.5 Å². The van der Waals surface area contributed by atoms with Gasteiger partial charge in [0.25, 0.3) is 5.91 Å². The molecule has 0 radical (unpaired) electrons. The summed E-state index contributed by atoms with van der Waals surface area (Å²) in [7, 11) is 0. The molecule has 6 heteroatoms. The third-order valence-electron chi connectivity index (χ3n) is 3.94. The zero-order chi connectivity index (χ0) is 19.5. The maximum Gasteiger partial charge on any atom is 0.257 e. The highest BCUT2D eigenvalue weighted by Crippen LogP contribution is 2.18. The van der Waals surface area contributed by atoms with Gasteiger partial charge in [0.2, 0.25) is 0 Å². The number of benzene rings is 2. The summed E-state index contributed by atoms with van der Waals surface area (Å²) in [5.74, 6) is -0.0374. The summed E-state index contributed by atoms with van der Waals surface area (Å²) in [4.78, 5) is 12.1. The fourth-order valence-corrected chi connectivity index (χ4v) is 2.71. The van der Waals surface area contributed by atoms with Crippen LogP contribution in [0.5, 0.6) is 5.75 Å². The van der Waals surface area contributed by atoms with Gasteiger partial charge in [-0.15, -0.1) is 0 Å². The van der Waals surface area contributed by atoms with E-state index in [-0.39, 0.29) is 5.11 Å². The van der Waals surface area contributed by atoms with Crippen molar-refractivity contribution < 1.29 is 13.9 Å². The first-order valence-electron chi connectivity index (χ1n) is 9.19. The summed E-state index contributed by atoms with van der Waals surface area (Å²) in [5, 5.41) is 5.70. The van der Waals surface area contributed by atoms with Gasteiger partial charge in [0, 0.05) is 17.3 Å². The van der Waals surface area contributed by atoms with E-state index in [2.05, 4.69) is 17.6 Å². The molecule has 0 aliphatic carbocycles.